The number of hydrogen-bond acceptors (Lipinski definition) is 7. The minimum atomic E-state index is -1.41. The number of benzene rings is 3. The van der Waals surface area contributed by atoms with Crippen LogP contribution < -0.4 is 19.7 Å². The zero-order chi connectivity index (χ0) is 28.4. The Kier molecular flexibility index (Phi) is 7.45. The molecule has 11 heteroatoms. The number of esters is 1. The van der Waals surface area contributed by atoms with Gasteiger partial charge in [-0.1, -0.05) is 31.2 Å². The van der Waals surface area contributed by atoms with E-state index >= 15 is 0 Å². The van der Waals surface area contributed by atoms with Crippen LogP contribution in [-0.4, -0.2) is 50.1 Å². The van der Waals surface area contributed by atoms with Crippen molar-refractivity contribution in [1.82, 2.24) is 5.32 Å². The maximum atomic E-state index is 13.8. The Hall–Kier alpha value is -4.80. The van der Waals surface area contributed by atoms with Crippen LogP contribution in [0.15, 0.2) is 65.7 Å². The number of anilines is 1. The van der Waals surface area contributed by atoms with Gasteiger partial charge in [0.2, 0.25) is 18.9 Å². The van der Waals surface area contributed by atoms with Crippen molar-refractivity contribution in [3.05, 3.63) is 89.0 Å². The number of fused-ring (bicyclic) bond motifs is 2. The number of halogens is 2. The third-order valence-corrected chi connectivity index (χ3v) is 6.62. The Bertz CT molecular complexity index is 1530. The molecule has 3 aromatic carbocycles. The number of rotatable bonds is 7. The van der Waals surface area contributed by atoms with Crippen LogP contribution in [-0.2, 0) is 25.5 Å². The van der Waals surface area contributed by atoms with Gasteiger partial charge in [0.25, 0.3) is 5.91 Å². The number of para-hydroxylation sites is 1. The van der Waals surface area contributed by atoms with Crippen LogP contribution >= 0.6 is 0 Å². The van der Waals surface area contributed by atoms with Crippen LogP contribution in [0.2, 0.25) is 0 Å². The molecule has 1 unspecified atom stereocenters. The van der Waals surface area contributed by atoms with E-state index in [9.17, 15) is 23.2 Å². The molecule has 2 atom stereocenters. The number of aliphatic imine (C=N–C) groups is 1. The Balaban J connectivity index is 1.51. The first kappa shape index (κ1) is 26.8. The van der Waals surface area contributed by atoms with Crippen molar-refractivity contribution < 1.29 is 37.4 Å². The second-order valence-corrected chi connectivity index (χ2v) is 9.33. The van der Waals surface area contributed by atoms with Crippen LogP contribution in [0, 0.1) is 17.6 Å². The second kappa shape index (κ2) is 11.1. The van der Waals surface area contributed by atoms with Crippen molar-refractivity contribution in [2.75, 3.05) is 25.3 Å². The van der Waals surface area contributed by atoms with E-state index in [1.54, 1.807) is 49.4 Å². The molecule has 0 bridgehead atoms. The second-order valence-electron chi connectivity index (χ2n) is 9.33. The van der Waals surface area contributed by atoms with Crippen LogP contribution in [0.5, 0.6) is 11.5 Å². The summed E-state index contributed by atoms with van der Waals surface area (Å²) in [5.74, 6) is -3.51. The standard InChI is InChI=1S/C29H25F2N3O6/c1-16(11-17-7-9-20(30)21(31)12-17)28(36)33-27-29(37)34(14-25(35)38-2)22-6-4-3-5-19(22)26(32-27)18-8-10-23-24(13-18)40-15-39-23/h3-10,12-13,16,27H,11,14-15H2,1-2H3,(H,33,36)/t16-,27?/m0/s1. The Morgan fingerprint density at radius 2 is 1.85 bits per heavy atom. The average Bonchev–Trinajstić information content (AvgIpc) is 3.39. The SMILES string of the molecule is COC(=O)CN1C(=O)C(NC(=O)[C@@H](C)Cc2ccc(F)c(F)c2)N=C(c2ccc3c(c2)OCO3)c2ccccc21. The van der Waals surface area contributed by atoms with Gasteiger partial charge in [0.05, 0.1) is 18.5 Å². The first-order valence-corrected chi connectivity index (χ1v) is 12.4. The largest absolute Gasteiger partial charge is 0.468 e. The highest BCUT2D eigenvalue weighted by molar-refractivity contribution is 6.21. The van der Waals surface area contributed by atoms with E-state index in [1.807, 2.05) is 0 Å². The summed E-state index contributed by atoms with van der Waals surface area (Å²) in [6.07, 6.45) is -1.31. The van der Waals surface area contributed by atoms with Crippen LogP contribution in [0.25, 0.3) is 0 Å². The van der Waals surface area contributed by atoms with E-state index in [-0.39, 0.29) is 13.2 Å². The maximum Gasteiger partial charge on any atom is 0.325 e. The number of hydrogen-bond donors (Lipinski definition) is 1. The van der Waals surface area contributed by atoms with Gasteiger partial charge in [-0.05, 0) is 48.4 Å². The molecule has 2 heterocycles. The molecule has 0 fully saturated rings. The lowest BCUT2D eigenvalue weighted by Crippen LogP contribution is -2.50. The summed E-state index contributed by atoms with van der Waals surface area (Å²) in [7, 11) is 1.21. The van der Waals surface area contributed by atoms with Gasteiger partial charge in [-0.25, -0.2) is 13.8 Å². The highest BCUT2D eigenvalue weighted by Crippen LogP contribution is 2.35. The Morgan fingerprint density at radius 1 is 1.07 bits per heavy atom. The van der Waals surface area contributed by atoms with Gasteiger partial charge < -0.3 is 19.5 Å². The van der Waals surface area contributed by atoms with Gasteiger partial charge in [0, 0.05) is 17.0 Å². The molecule has 40 heavy (non-hydrogen) atoms. The molecule has 2 amide bonds. The summed E-state index contributed by atoms with van der Waals surface area (Å²) in [6, 6.07) is 15.5. The lowest BCUT2D eigenvalue weighted by atomic mass is 9.99. The minimum absolute atomic E-state index is 0.0712. The summed E-state index contributed by atoms with van der Waals surface area (Å²) >= 11 is 0. The molecule has 0 saturated carbocycles. The summed E-state index contributed by atoms with van der Waals surface area (Å²) in [5, 5.41) is 2.67. The van der Waals surface area contributed by atoms with Crippen LogP contribution in [0.1, 0.15) is 23.6 Å². The monoisotopic (exact) mass is 549 g/mol. The fourth-order valence-electron chi connectivity index (χ4n) is 4.54. The Morgan fingerprint density at radius 3 is 2.62 bits per heavy atom. The average molecular weight is 550 g/mol. The van der Waals surface area contributed by atoms with Gasteiger partial charge in [-0.3, -0.25) is 19.3 Å². The molecule has 0 spiro atoms. The number of carbonyl (C=O) groups is 3. The molecule has 2 aliphatic heterocycles. The molecule has 0 saturated heterocycles. The van der Waals surface area contributed by atoms with Gasteiger partial charge in [0.1, 0.15) is 6.54 Å². The summed E-state index contributed by atoms with van der Waals surface area (Å²) in [6.45, 7) is 1.26. The number of carbonyl (C=O) groups excluding carboxylic acids is 3. The molecule has 0 radical (unpaired) electrons. The summed E-state index contributed by atoms with van der Waals surface area (Å²) in [4.78, 5) is 45.2. The molecule has 0 aliphatic carbocycles. The number of amides is 2. The number of methoxy groups -OCH3 is 1. The summed E-state index contributed by atoms with van der Waals surface area (Å²) < 4.78 is 42.8. The zero-order valence-electron chi connectivity index (χ0n) is 21.6. The third-order valence-electron chi connectivity index (χ3n) is 6.62. The van der Waals surface area contributed by atoms with Crippen molar-refractivity contribution in [1.29, 1.82) is 0 Å². The summed E-state index contributed by atoms with van der Waals surface area (Å²) in [5.41, 5.74) is 2.34. The topological polar surface area (TPSA) is 107 Å². The predicted octanol–water partition coefficient (Wildman–Crippen LogP) is 3.37. The van der Waals surface area contributed by atoms with Gasteiger partial charge in [-0.2, -0.15) is 0 Å². The van der Waals surface area contributed by atoms with Crippen molar-refractivity contribution in [3.63, 3.8) is 0 Å². The molecular formula is C29H25F2N3O6. The number of benzodiazepines with no additional fused rings is 1. The first-order valence-electron chi connectivity index (χ1n) is 12.4. The normalized spacial score (nSPS) is 16.5. The highest BCUT2D eigenvalue weighted by atomic mass is 19.2. The van der Waals surface area contributed by atoms with E-state index in [0.717, 1.165) is 12.1 Å². The number of ether oxygens (including phenoxy) is 3. The highest BCUT2D eigenvalue weighted by Gasteiger charge is 2.35. The van der Waals surface area contributed by atoms with Crippen LogP contribution in [0.4, 0.5) is 14.5 Å². The van der Waals surface area contributed by atoms with Crippen molar-refractivity contribution >= 4 is 29.2 Å². The molecule has 2 aliphatic rings. The van der Waals surface area contributed by atoms with Crippen molar-refractivity contribution in [3.8, 4) is 11.5 Å². The lowest BCUT2D eigenvalue weighted by molar-refractivity contribution is -0.140. The maximum absolute atomic E-state index is 13.8. The molecule has 206 valence electrons. The lowest BCUT2D eigenvalue weighted by Gasteiger charge is -2.25. The predicted molar refractivity (Wildman–Crippen MR) is 140 cm³/mol. The Labute approximate surface area is 228 Å². The minimum Gasteiger partial charge on any atom is -0.468 e. The molecule has 0 aromatic heterocycles. The fourth-order valence-corrected chi connectivity index (χ4v) is 4.54. The number of nitrogens with zero attached hydrogens (tertiary/aromatic N) is 2. The molecule has 9 nitrogen and oxygen atoms in total. The van der Waals surface area contributed by atoms with E-state index in [0.29, 0.717) is 39.6 Å². The molecule has 3 aromatic rings. The third kappa shape index (κ3) is 5.35. The zero-order valence-corrected chi connectivity index (χ0v) is 21.6. The van der Waals surface area contributed by atoms with E-state index in [1.165, 1.54) is 18.1 Å². The quantitative estimate of drug-likeness (QED) is 0.453. The van der Waals surface area contributed by atoms with Gasteiger partial charge in [0.15, 0.2) is 23.1 Å². The number of nitrogens with one attached hydrogen (secondary N) is 1. The van der Waals surface area contributed by atoms with E-state index in [4.69, 9.17) is 14.2 Å². The molecular weight excluding hydrogens is 524 g/mol. The smallest absolute Gasteiger partial charge is 0.325 e. The van der Waals surface area contributed by atoms with Gasteiger partial charge >= 0.3 is 5.97 Å². The fraction of sp³-hybridized carbons (Fsp3) is 0.241. The van der Waals surface area contributed by atoms with Crippen molar-refractivity contribution in [2.24, 2.45) is 10.9 Å². The van der Waals surface area contributed by atoms with Gasteiger partial charge in [-0.15, -0.1) is 0 Å². The van der Waals surface area contributed by atoms with Crippen molar-refractivity contribution in [2.45, 2.75) is 19.5 Å². The van der Waals surface area contributed by atoms with E-state index < -0.39 is 48.0 Å². The molecule has 5 rings (SSSR count). The first-order chi connectivity index (χ1) is 19.2. The van der Waals surface area contributed by atoms with Crippen LogP contribution in [0.3, 0.4) is 0 Å². The molecule has 1 N–H and O–H groups in total. The van der Waals surface area contributed by atoms with E-state index in [2.05, 4.69) is 10.3 Å².